The van der Waals surface area contributed by atoms with Gasteiger partial charge in [0.2, 0.25) is 0 Å². The fourth-order valence-electron chi connectivity index (χ4n) is 1.92. The van der Waals surface area contributed by atoms with E-state index in [0.29, 0.717) is 12.5 Å². The Kier molecular flexibility index (Phi) is 4.04. The molecule has 1 aliphatic rings. The number of nitrogens with one attached hydrogen (secondary N) is 2. The Balaban J connectivity index is 1.77. The van der Waals surface area contributed by atoms with E-state index < -0.39 is 5.97 Å². The van der Waals surface area contributed by atoms with E-state index in [9.17, 15) is 9.59 Å². The third-order valence-corrected chi connectivity index (χ3v) is 3.34. The number of carboxylic acids is 1. The summed E-state index contributed by atoms with van der Waals surface area (Å²) in [6.45, 7) is 2.40. The minimum atomic E-state index is -0.949. The zero-order valence-electron chi connectivity index (χ0n) is 10.8. The van der Waals surface area contributed by atoms with Crippen molar-refractivity contribution in [2.75, 3.05) is 0 Å². The highest BCUT2D eigenvalue weighted by Crippen LogP contribution is 2.32. The van der Waals surface area contributed by atoms with Crippen LogP contribution in [0.3, 0.4) is 0 Å². The van der Waals surface area contributed by atoms with Crippen LogP contribution in [-0.4, -0.2) is 23.1 Å². The van der Waals surface area contributed by atoms with Gasteiger partial charge in [0.15, 0.2) is 0 Å². The molecule has 0 bridgehead atoms. The lowest BCUT2D eigenvalue weighted by atomic mass is 10.1. The molecule has 3 N–H and O–H groups in total. The molecule has 1 unspecified atom stereocenters. The summed E-state index contributed by atoms with van der Waals surface area (Å²) < 4.78 is 0. The van der Waals surface area contributed by atoms with E-state index in [0.717, 1.165) is 5.56 Å². The van der Waals surface area contributed by atoms with Gasteiger partial charge in [-0.15, -0.1) is 0 Å². The number of aromatic carboxylic acids is 1. The summed E-state index contributed by atoms with van der Waals surface area (Å²) in [6, 6.07) is 6.51. The lowest BCUT2D eigenvalue weighted by Gasteiger charge is -2.13. The molecule has 1 atom stereocenters. The predicted octanol–water partition coefficient (Wildman–Crippen LogP) is 1.98. The first-order valence-corrected chi connectivity index (χ1v) is 6.43. The van der Waals surface area contributed by atoms with Crippen LogP contribution in [0.15, 0.2) is 24.3 Å². The lowest BCUT2D eigenvalue weighted by Crippen LogP contribution is -2.41. The summed E-state index contributed by atoms with van der Waals surface area (Å²) in [5.74, 6) is -0.323. The van der Waals surface area contributed by atoms with E-state index in [-0.39, 0.29) is 17.6 Å². The van der Waals surface area contributed by atoms with E-state index in [1.54, 1.807) is 12.1 Å². The Hall–Kier alpha value is -2.04. The SMILES string of the molecule is CC(NC(=O)NCc1ccc(C(=O)O)cc1)C1CC1. The first kappa shape index (κ1) is 13.4. The molecule has 0 aliphatic heterocycles. The Morgan fingerprint density at radius 3 is 2.47 bits per heavy atom. The zero-order chi connectivity index (χ0) is 13.8. The highest BCUT2D eigenvalue weighted by atomic mass is 16.4. The Bertz CT molecular complexity index is 466. The molecular weight excluding hydrogens is 244 g/mol. The number of rotatable bonds is 5. The average molecular weight is 262 g/mol. The van der Waals surface area contributed by atoms with Crippen LogP contribution in [0, 0.1) is 5.92 Å². The molecule has 0 aromatic heterocycles. The molecule has 0 heterocycles. The van der Waals surface area contributed by atoms with Gasteiger partial charge in [0, 0.05) is 12.6 Å². The zero-order valence-corrected chi connectivity index (χ0v) is 10.8. The van der Waals surface area contributed by atoms with Gasteiger partial charge in [-0.25, -0.2) is 9.59 Å². The van der Waals surface area contributed by atoms with Crippen LogP contribution >= 0.6 is 0 Å². The molecule has 1 aromatic carbocycles. The second kappa shape index (κ2) is 5.73. The highest BCUT2D eigenvalue weighted by molar-refractivity contribution is 5.87. The number of carbonyl (C=O) groups is 2. The fraction of sp³-hybridized carbons (Fsp3) is 0.429. The molecule has 1 aliphatic carbocycles. The van der Waals surface area contributed by atoms with Gasteiger partial charge in [-0.1, -0.05) is 12.1 Å². The first-order valence-electron chi connectivity index (χ1n) is 6.43. The van der Waals surface area contributed by atoms with Crippen LogP contribution in [0.1, 0.15) is 35.7 Å². The minimum absolute atomic E-state index is 0.179. The van der Waals surface area contributed by atoms with E-state index in [2.05, 4.69) is 10.6 Å². The van der Waals surface area contributed by atoms with Crippen molar-refractivity contribution in [2.24, 2.45) is 5.92 Å². The van der Waals surface area contributed by atoms with E-state index in [4.69, 9.17) is 5.11 Å². The normalized spacial score (nSPS) is 15.6. The maximum Gasteiger partial charge on any atom is 0.335 e. The third kappa shape index (κ3) is 3.98. The van der Waals surface area contributed by atoms with Crippen molar-refractivity contribution in [1.29, 1.82) is 0 Å². The molecule has 0 radical (unpaired) electrons. The molecule has 1 saturated carbocycles. The average Bonchev–Trinajstić information content (AvgIpc) is 3.21. The number of amides is 2. The van der Waals surface area contributed by atoms with Gasteiger partial charge in [-0.05, 0) is 43.4 Å². The summed E-state index contributed by atoms with van der Waals surface area (Å²) in [6.07, 6.45) is 2.39. The van der Waals surface area contributed by atoms with Crippen molar-refractivity contribution in [2.45, 2.75) is 32.4 Å². The van der Waals surface area contributed by atoms with Gasteiger partial charge in [0.25, 0.3) is 0 Å². The highest BCUT2D eigenvalue weighted by Gasteiger charge is 2.28. The number of carbonyl (C=O) groups excluding carboxylic acids is 1. The van der Waals surface area contributed by atoms with Crippen LogP contribution in [0.5, 0.6) is 0 Å². The molecule has 102 valence electrons. The standard InChI is InChI=1S/C14H18N2O3/c1-9(11-6-7-11)16-14(19)15-8-10-2-4-12(5-3-10)13(17)18/h2-5,9,11H,6-8H2,1H3,(H,17,18)(H2,15,16,19). The topological polar surface area (TPSA) is 78.4 Å². The number of benzene rings is 1. The number of carboxylic acid groups (broad SMARTS) is 1. The molecule has 0 spiro atoms. The van der Waals surface area contributed by atoms with Crippen molar-refractivity contribution < 1.29 is 14.7 Å². The van der Waals surface area contributed by atoms with Crippen molar-refractivity contribution in [3.63, 3.8) is 0 Å². The Labute approximate surface area is 112 Å². The summed E-state index contributed by atoms with van der Waals surface area (Å²) in [5.41, 5.74) is 1.12. The number of urea groups is 1. The third-order valence-electron chi connectivity index (χ3n) is 3.34. The van der Waals surface area contributed by atoms with Crippen LogP contribution < -0.4 is 10.6 Å². The largest absolute Gasteiger partial charge is 0.478 e. The van der Waals surface area contributed by atoms with Crippen LogP contribution in [0.4, 0.5) is 4.79 Å². The summed E-state index contributed by atoms with van der Waals surface area (Å²) >= 11 is 0. The van der Waals surface area contributed by atoms with Crippen LogP contribution in [0.25, 0.3) is 0 Å². The molecular formula is C14H18N2O3. The van der Waals surface area contributed by atoms with Gasteiger partial charge in [0.05, 0.1) is 5.56 Å². The fourth-order valence-corrected chi connectivity index (χ4v) is 1.92. The molecule has 1 aromatic rings. The van der Waals surface area contributed by atoms with Gasteiger partial charge >= 0.3 is 12.0 Å². The van der Waals surface area contributed by atoms with Gasteiger partial charge in [-0.2, -0.15) is 0 Å². The van der Waals surface area contributed by atoms with Gasteiger partial charge in [-0.3, -0.25) is 0 Å². The van der Waals surface area contributed by atoms with Crippen LogP contribution in [-0.2, 0) is 6.54 Å². The first-order chi connectivity index (χ1) is 9.06. The number of hydrogen-bond acceptors (Lipinski definition) is 2. The summed E-state index contributed by atoms with van der Waals surface area (Å²) in [7, 11) is 0. The Morgan fingerprint density at radius 2 is 1.95 bits per heavy atom. The molecule has 1 fully saturated rings. The van der Waals surface area contributed by atoms with E-state index in [1.807, 2.05) is 6.92 Å². The van der Waals surface area contributed by atoms with Gasteiger partial charge < -0.3 is 15.7 Å². The Morgan fingerprint density at radius 1 is 1.32 bits per heavy atom. The molecule has 19 heavy (non-hydrogen) atoms. The molecule has 0 saturated heterocycles. The predicted molar refractivity (Wildman–Crippen MR) is 71.0 cm³/mol. The van der Waals surface area contributed by atoms with Crippen molar-refractivity contribution in [3.8, 4) is 0 Å². The van der Waals surface area contributed by atoms with Crippen molar-refractivity contribution >= 4 is 12.0 Å². The molecule has 5 heteroatoms. The maximum atomic E-state index is 11.6. The molecule has 2 rings (SSSR count). The lowest BCUT2D eigenvalue weighted by molar-refractivity contribution is 0.0697. The minimum Gasteiger partial charge on any atom is -0.478 e. The smallest absolute Gasteiger partial charge is 0.335 e. The molecule has 2 amide bonds. The van der Waals surface area contributed by atoms with Crippen molar-refractivity contribution in [1.82, 2.24) is 10.6 Å². The van der Waals surface area contributed by atoms with E-state index in [1.165, 1.54) is 25.0 Å². The van der Waals surface area contributed by atoms with Crippen LogP contribution in [0.2, 0.25) is 0 Å². The quantitative estimate of drug-likeness (QED) is 0.759. The summed E-state index contributed by atoms with van der Waals surface area (Å²) in [4.78, 5) is 22.3. The monoisotopic (exact) mass is 262 g/mol. The second-order valence-corrected chi connectivity index (χ2v) is 4.96. The molecule has 5 nitrogen and oxygen atoms in total. The second-order valence-electron chi connectivity index (χ2n) is 4.96. The van der Waals surface area contributed by atoms with Crippen molar-refractivity contribution in [3.05, 3.63) is 35.4 Å². The maximum absolute atomic E-state index is 11.6. The van der Waals surface area contributed by atoms with E-state index >= 15 is 0 Å². The number of hydrogen-bond donors (Lipinski definition) is 3. The summed E-state index contributed by atoms with van der Waals surface area (Å²) in [5, 5.41) is 14.4. The van der Waals surface area contributed by atoms with Gasteiger partial charge in [0.1, 0.15) is 0 Å².